The Balaban J connectivity index is 2.16. The Morgan fingerprint density at radius 2 is 1.89 bits per heavy atom. The molecule has 11 heteroatoms. The van der Waals surface area contributed by atoms with Crippen LogP contribution in [-0.4, -0.2) is 51.9 Å². The van der Waals surface area contributed by atoms with E-state index in [1.807, 2.05) is 0 Å². The van der Waals surface area contributed by atoms with Crippen LogP contribution >= 0.6 is 0 Å². The van der Waals surface area contributed by atoms with E-state index in [2.05, 4.69) is 38.8 Å². The fraction of sp³-hybridized carbons (Fsp3) is 0.750. The molecule has 1 N–H and O–H groups in total. The first kappa shape index (κ1) is 22.0. The summed E-state index contributed by atoms with van der Waals surface area (Å²) < 4.78 is 40.9. The van der Waals surface area contributed by atoms with Gasteiger partial charge >= 0.3 is 5.69 Å². The van der Waals surface area contributed by atoms with Crippen molar-refractivity contribution >= 4 is 18.4 Å². The fourth-order valence-electron chi connectivity index (χ4n) is 2.44. The van der Waals surface area contributed by atoms with E-state index in [0.29, 0.717) is 0 Å². The van der Waals surface area contributed by atoms with Crippen molar-refractivity contribution in [3.05, 3.63) is 33.1 Å². The summed E-state index contributed by atoms with van der Waals surface area (Å²) in [5.41, 5.74) is -1.14. The summed E-state index contributed by atoms with van der Waals surface area (Å²) in [6, 6.07) is 1.21. The molecule has 154 valence electrons. The minimum atomic E-state index is -3.64. The average Bonchev–Trinajstić information content (AvgIpc) is 2.45. The van der Waals surface area contributed by atoms with Gasteiger partial charge in [0.1, 0.15) is 6.23 Å². The van der Waals surface area contributed by atoms with Crippen LogP contribution in [0.25, 0.3) is 0 Å². The number of rotatable bonds is 7. The lowest BCUT2D eigenvalue weighted by Crippen LogP contribution is -2.55. The number of nitrogens with one attached hydrogen (secondary N) is 1. The highest BCUT2D eigenvalue weighted by molar-refractivity contribution is 7.85. The molecule has 1 saturated heterocycles. The molecule has 0 unspecified atom stereocenters. The van der Waals surface area contributed by atoms with E-state index < -0.39 is 47.9 Å². The van der Waals surface area contributed by atoms with Crippen molar-refractivity contribution in [3.8, 4) is 0 Å². The average molecular weight is 421 g/mol. The van der Waals surface area contributed by atoms with Gasteiger partial charge in [0.25, 0.3) is 15.7 Å². The number of aromatic nitrogens is 2. The van der Waals surface area contributed by atoms with Crippen molar-refractivity contribution in [2.75, 3.05) is 19.5 Å². The highest BCUT2D eigenvalue weighted by Crippen LogP contribution is 2.40. The Morgan fingerprint density at radius 3 is 2.41 bits per heavy atom. The molecule has 1 aromatic rings. The molecule has 0 bridgehead atoms. The quantitative estimate of drug-likeness (QED) is 0.517. The van der Waals surface area contributed by atoms with Crippen LogP contribution in [0.1, 0.15) is 27.0 Å². The van der Waals surface area contributed by atoms with E-state index >= 15 is 0 Å². The van der Waals surface area contributed by atoms with Gasteiger partial charge in [-0.3, -0.25) is 18.5 Å². The minimum absolute atomic E-state index is 0.0186. The maximum atomic E-state index is 12.0. The second kappa shape index (κ2) is 7.63. The Bertz CT molecular complexity index is 885. The van der Waals surface area contributed by atoms with Crippen molar-refractivity contribution < 1.29 is 21.8 Å². The van der Waals surface area contributed by atoms with E-state index in [1.54, 1.807) is 0 Å². The van der Waals surface area contributed by atoms with Gasteiger partial charge in [-0.05, 0) is 18.1 Å². The predicted octanol–water partition coefficient (Wildman–Crippen LogP) is 1.05. The minimum Gasteiger partial charge on any atom is -0.414 e. The Labute approximate surface area is 159 Å². The molecule has 0 saturated carbocycles. The summed E-state index contributed by atoms with van der Waals surface area (Å²) in [4.78, 5) is 25.4. The molecule has 0 spiro atoms. The molecule has 0 radical (unpaired) electrons. The lowest BCUT2D eigenvalue weighted by Gasteiger charge is -2.46. The van der Waals surface area contributed by atoms with Crippen LogP contribution in [0.5, 0.6) is 0 Å². The van der Waals surface area contributed by atoms with Gasteiger partial charge in [-0.25, -0.2) is 4.79 Å². The Kier molecular flexibility index (Phi) is 6.22. The SMILES string of the molecule is CC(C)(C)[Si](C)(C)OC[C@H]1O[C@@H](n2ccc(=O)[nH]c2=O)[C@@H]1COS(C)(=O)=O. The van der Waals surface area contributed by atoms with Crippen LogP contribution in [0, 0.1) is 5.92 Å². The van der Waals surface area contributed by atoms with Gasteiger partial charge in [-0.15, -0.1) is 0 Å². The van der Waals surface area contributed by atoms with Gasteiger partial charge in [0.05, 0.1) is 31.5 Å². The van der Waals surface area contributed by atoms with Crippen molar-refractivity contribution in [1.82, 2.24) is 9.55 Å². The van der Waals surface area contributed by atoms with E-state index in [0.717, 1.165) is 6.26 Å². The third-order valence-corrected chi connectivity index (χ3v) is 10.2. The Hall–Kier alpha value is -1.27. The zero-order chi connectivity index (χ0) is 20.6. The zero-order valence-corrected chi connectivity index (χ0v) is 18.3. The van der Waals surface area contributed by atoms with Crippen LogP contribution in [0.2, 0.25) is 18.1 Å². The first-order valence-electron chi connectivity index (χ1n) is 8.66. The number of H-pyrrole nitrogens is 1. The molecular weight excluding hydrogens is 392 g/mol. The van der Waals surface area contributed by atoms with Crippen LogP contribution in [0.15, 0.2) is 21.9 Å². The van der Waals surface area contributed by atoms with E-state index in [1.165, 1.54) is 16.8 Å². The number of ether oxygens (including phenoxy) is 1. The van der Waals surface area contributed by atoms with Crippen molar-refractivity contribution in [2.45, 2.75) is 51.2 Å². The van der Waals surface area contributed by atoms with Crippen LogP contribution in [0.3, 0.4) is 0 Å². The van der Waals surface area contributed by atoms with Gasteiger partial charge in [0, 0.05) is 12.3 Å². The number of hydrogen-bond donors (Lipinski definition) is 1. The molecule has 1 aromatic heterocycles. The van der Waals surface area contributed by atoms with Gasteiger partial charge in [-0.2, -0.15) is 8.42 Å². The van der Waals surface area contributed by atoms with E-state index in [9.17, 15) is 18.0 Å². The number of aromatic amines is 1. The van der Waals surface area contributed by atoms with E-state index in [4.69, 9.17) is 13.3 Å². The van der Waals surface area contributed by atoms with Gasteiger partial charge in [-0.1, -0.05) is 20.8 Å². The molecule has 3 atom stereocenters. The molecule has 0 amide bonds. The smallest absolute Gasteiger partial charge is 0.330 e. The van der Waals surface area contributed by atoms with Gasteiger partial charge in [0.2, 0.25) is 0 Å². The topological polar surface area (TPSA) is 117 Å². The first-order valence-corrected chi connectivity index (χ1v) is 13.4. The fourth-order valence-corrected chi connectivity index (χ4v) is 3.85. The molecule has 1 aliphatic heterocycles. The maximum absolute atomic E-state index is 12.0. The summed E-state index contributed by atoms with van der Waals surface area (Å²) in [6.07, 6.45) is 1.15. The highest BCUT2D eigenvalue weighted by Gasteiger charge is 2.47. The summed E-state index contributed by atoms with van der Waals surface area (Å²) >= 11 is 0. The molecule has 1 aliphatic rings. The summed E-state index contributed by atoms with van der Waals surface area (Å²) in [7, 11) is -5.65. The second-order valence-corrected chi connectivity index (χ2v) is 14.8. The normalized spacial score (nSPS) is 23.9. The van der Waals surface area contributed by atoms with Crippen LogP contribution < -0.4 is 11.2 Å². The van der Waals surface area contributed by atoms with Crippen molar-refractivity contribution in [2.24, 2.45) is 5.92 Å². The first-order chi connectivity index (χ1) is 12.2. The van der Waals surface area contributed by atoms with Crippen molar-refractivity contribution in [3.63, 3.8) is 0 Å². The summed E-state index contributed by atoms with van der Waals surface area (Å²) in [5, 5.41) is 0.0186. The Morgan fingerprint density at radius 1 is 1.26 bits per heavy atom. The van der Waals surface area contributed by atoms with Gasteiger partial charge < -0.3 is 9.16 Å². The number of hydrogen-bond acceptors (Lipinski definition) is 7. The highest BCUT2D eigenvalue weighted by atomic mass is 32.2. The molecule has 27 heavy (non-hydrogen) atoms. The standard InChI is InChI=1S/C16H28N2O7SSi/c1-16(2,3)27(5,6)24-10-12-11(9-23-26(4,21)22)14(25-12)18-8-7-13(19)17-15(18)20/h7-8,11-12,14H,9-10H2,1-6H3,(H,17,19,20)/t11-,12-,14-/m1/s1. The third-order valence-electron chi connectivity index (χ3n) is 5.17. The molecule has 0 aromatic carbocycles. The molecule has 2 heterocycles. The third kappa shape index (κ3) is 5.38. The van der Waals surface area contributed by atoms with Crippen LogP contribution in [0.4, 0.5) is 0 Å². The second-order valence-electron chi connectivity index (χ2n) is 8.31. The van der Waals surface area contributed by atoms with Gasteiger partial charge in [0.15, 0.2) is 8.32 Å². The molecule has 0 aliphatic carbocycles. The lowest BCUT2D eigenvalue weighted by molar-refractivity contribution is -0.242. The largest absolute Gasteiger partial charge is 0.414 e. The van der Waals surface area contributed by atoms with Crippen LogP contribution in [-0.2, 0) is 23.5 Å². The lowest BCUT2D eigenvalue weighted by atomic mass is 9.95. The molecular formula is C16H28N2O7SSi. The summed E-state index contributed by atoms with van der Waals surface area (Å²) in [6.45, 7) is 10.7. The zero-order valence-electron chi connectivity index (χ0n) is 16.5. The monoisotopic (exact) mass is 420 g/mol. The molecule has 1 fully saturated rings. The van der Waals surface area contributed by atoms with E-state index in [-0.39, 0.29) is 18.3 Å². The predicted molar refractivity (Wildman–Crippen MR) is 103 cm³/mol. The molecule has 9 nitrogen and oxygen atoms in total. The summed E-state index contributed by atoms with van der Waals surface area (Å²) in [5.74, 6) is -0.409. The van der Waals surface area contributed by atoms with Crippen molar-refractivity contribution in [1.29, 1.82) is 0 Å². The maximum Gasteiger partial charge on any atom is 0.330 e. The molecule has 2 rings (SSSR count). The number of nitrogens with zero attached hydrogens (tertiary/aromatic N) is 1.